The molecule has 3 aromatic rings. The maximum absolute atomic E-state index is 14.8. The molecule has 2 aromatic heterocycles. The van der Waals surface area contributed by atoms with Crippen LogP contribution in [-0.4, -0.2) is 45.1 Å². The van der Waals surface area contributed by atoms with E-state index in [0.717, 1.165) is 28.7 Å². The van der Waals surface area contributed by atoms with E-state index in [9.17, 15) is 14.3 Å². The topological polar surface area (TPSA) is 66.3 Å². The van der Waals surface area contributed by atoms with Gasteiger partial charge in [0.2, 0.25) is 0 Å². The van der Waals surface area contributed by atoms with Crippen LogP contribution in [0, 0.1) is 0 Å². The molecule has 170 valence electrons. The maximum Gasteiger partial charge on any atom is 0.253 e. The minimum atomic E-state index is -1.32. The Labute approximate surface area is 197 Å². The number of likely N-dealkylation sites (tertiary alicyclic amines) is 1. The number of aromatic nitrogens is 2. The first kappa shape index (κ1) is 22.0. The second-order valence-corrected chi connectivity index (χ2v) is 9.34. The lowest BCUT2D eigenvalue weighted by atomic mass is 9.79. The van der Waals surface area contributed by atoms with Crippen molar-refractivity contribution in [1.82, 2.24) is 14.9 Å². The van der Waals surface area contributed by atoms with Gasteiger partial charge in [0.1, 0.15) is 0 Å². The van der Waals surface area contributed by atoms with Crippen LogP contribution in [0.15, 0.2) is 55.0 Å². The number of nitrogens with zero attached hydrogens (tertiary/aromatic N) is 3. The molecule has 1 aliphatic carbocycles. The number of alkyl halides is 1. The fourth-order valence-corrected chi connectivity index (χ4v) is 4.77. The van der Waals surface area contributed by atoms with Crippen LogP contribution >= 0.6 is 11.6 Å². The van der Waals surface area contributed by atoms with Crippen LogP contribution in [0.4, 0.5) is 4.39 Å². The van der Waals surface area contributed by atoms with Crippen LogP contribution in [0.2, 0.25) is 5.02 Å². The van der Waals surface area contributed by atoms with Gasteiger partial charge >= 0.3 is 0 Å². The highest BCUT2D eigenvalue weighted by Crippen LogP contribution is 2.44. The quantitative estimate of drug-likeness (QED) is 0.559. The van der Waals surface area contributed by atoms with Crippen molar-refractivity contribution in [3.05, 3.63) is 71.3 Å². The number of hydrogen-bond acceptors (Lipinski definition) is 4. The minimum Gasteiger partial charge on any atom is -0.393 e. The number of carbonyl (C=O) groups excluding carboxylic acids is 1. The molecular formula is C26H25ClFN3O2. The largest absolute Gasteiger partial charge is 0.393 e. The molecule has 0 unspecified atom stereocenters. The van der Waals surface area contributed by atoms with Gasteiger partial charge in [-0.1, -0.05) is 17.7 Å². The van der Waals surface area contributed by atoms with Gasteiger partial charge in [-0.2, -0.15) is 0 Å². The first-order valence-electron chi connectivity index (χ1n) is 11.3. The molecule has 5 nitrogen and oxygen atoms in total. The summed E-state index contributed by atoms with van der Waals surface area (Å²) in [5.41, 5.74) is 2.97. The van der Waals surface area contributed by atoms with E-state index >= 15 is 0 Å². The van der Waals surface area contributed by atoms with Crippen molar-refractivity contribution in [2.75, 3.05) is 13.1 Å². The Morgan fingerprint density at radius 2 is 1.82 bits per heavy atom. The van der Waals surface area contributed by atoms with Gasteiger partial charge in [0.15, 0.2) is 5.67 Å². The molecular weight excluding hydrogens is 441 g/mol. The number of aliphatic hydroxyl groups is 1. The van der Waals surface area contributed by atoms with Crippen molar-refractivity contribution >= 4 is 17.5 Å². The summed E-state index contributed by atoms with van der Waals surface area (Å²) >= 11 is 6.58. The summed E-state index contributed by atoms with van der Waals surface area (Å²) in [4.78, 5) is 23.2. The lowest BCUT2D eigenvalue weighted by Crippen LogP contribution is -2.40. The Hall–Kier alpha value is -2.83. The predicted molar refractivity (Wildman–Crippen MR) is 126 cm³/mol. The summed E-state index contributed by atoms with van der Waals surface area (Å²) in [5.74, 6) is -0.0808. The third kappa shape index (κ3) is 4.37. The standard InChI is InChI=1S/C26H25ClFN3O2/c27-23-13-18(25(33)31-10-5-21(32)6-11-31)2-3-22(23)20-12-19(15-29-16-20)17-4-9-30-24(14-17)26(28)7-1-8-26/h2-4,9,12-16,21,32H,1,5-8,10-11H2. The molecule has 7 heteroatoms. The smallest absolute Gasteiger partial charge is 0.253 e. The van der Waals surface area contributed by atoms with Crippen molar-refractivity contribution in [2.24, 2.45) is 0 Å². The summed E-state index contributed by atoms with van der Waals surface area (Å²) in [7, 11) is 0. The first-order chi connectivity index (χ1) is 15.9. The van der Waals surface area contributed by atoms with Crippen molar-refractivity contribution in [2.45, 2.75) is 43.9 Å². The average Bonchev–Trinajstić information content (AvgIpc) is 2.82. The highest BCUT2D eigenvalue weighted by molar-refractivity contribution is 6.33. The van der Waals surface area contributed by atoms with E-state index in [1.54, 1.807) is 41.7 Å². The second kappa shape index (κ2) is 8.84. The van der Waals surface area contributed by atoms with Gasteiger partial charge < -0.3 is 10.0 Å². The zero-order valence-electron chi connectivity index (χ0n) is 18.2. The molecule has 1 saturated carbocycles. The molecule has 1 N–H and O–H groups in total. The van der Waals surface area contributed by atoms with E-state index in [1.807, 2.05) is 18.2 Å². The Kier molecular flexibility index (Phi) is 5.89. The Morgan fingerprint density at radius 1 is 1.06 bits per heavy atom. The summed E-state index contributed by atoms with van der Waals surface area (Å²) in [6.45, 7) is 1.08. The highest BCUT2D eigenvalue weighted by atomic mass is 35.5. The number of halogens is 2. The van der Waals surface area contributed by atoms with Crippen LogP contribution in [0.25, 0.3) is 22.3 Å². The van der Waals surface area contributed by atoms with Crippen molar-refractivity contribution < 1.29 is 14.3 Å². The summed E-state index contributed by atoms with van der Waals surface area (Å²) in [5, 5.41) is 10.1. The fourth-order valence-electron chi connectivity index (χ4n) is 4.48. The molecule has 2 fully saturated rings. The molecule has 0 radical (unpaired) electrons. The summed E-state index contributed by atoms with van der Waals surface area (Å²) < 4.78 is 14.8. The zero-order valence-corrected chi connectivity index (χ0v) is 18.9. The molecule has 3 heterocycles. The number of aliphatic hydroxyl groups excluding tert-OH is 1. The van der Waals surface area contributed by atoms with E-state index in [2.05, 4.69) is 9.97 Å². The second-order valence-electron chi connectivity index (χ2n) is 8.93. The van der Waals surface area contributed by atoms with Gasteiger partial charge in [0.05, 0.1) is 11.8 Å². The number of amides is 1. The molecule has 5 rings (SSSR count). The Balaban J connectivity index is 1.40. The van der Waals surface area contributed by atoms with Crippen LogP contribution in [-0.2, 0) is 5.67 Å². The monoisotopic (exact) mass is 465 g/mol. The lowest BCUT2D eigenvalue weighted by Gasteiger charge is -2.33. The highest BCUT2D eigenvalue weighted by Gasteiger charge is 2.40. The first-order valence-corrected chi connectivity index (χ1v) is 11.7. The third-order valence-corrected chi connectivity index (χ3v) is 7.03. The van der Waals surface area contributed by atoms with Crippen LogP contribution in [0.1, 0.15) is 48.2 Å². The molecule has 1 amide bonds. The van der Waals surface area contributed by atoms with E-state index in [1.165, 1.54) is 0 Å². The molecule has 1 aromatic carbocycles. The maximum atomic E-state index is 14.8. The van der Waals surface area contributed by atoms with Crippen LogP contribution in [0.3, 0.4) is 0 Å². The summed E-state index contributed by atoms with van der Waals surface area (Å²) in [6, 6.07) is 10.9. The molecule has 2 aliphatic rings. The van der Waals surface area contributed by atoms with Crippen LogP contribution < -0.4 is 0 Å². The van der Waals surface area contributed by atoms with Gasteiger partial charge in [-0.25, -0.2) is 4.39 Å². The lowest BCUT2D eigenvalue weighted by molar-refractivity contribution is 0.0545. The van der Waals surface area contributed by atoms with Gasteiger partial charge in [-0.3, -0.25) is 14.8 Å². The van der Waals surface area contributed by atoms with Gasteiger partial charge in [-0.15, -0.1) is 0 Å². The number of hydrogen-bond donors (Lipinski definition) is 1. The van der Waals surface area contributed by atoms with Crippen molar-refractivity contribution in [3.63, 3.8) is 0 Å². The van der Waals surface area contributed by atoms with E-state index in [0.29, 0.717) is 55.1 Å². The summed E-state index contributed by atoms with van der Waals surface area (Å²) in [6.07, 6.45) is 7.88. The molecule has 0 spiro atoms. The molecule has 33 heavy (non-hydrogen) atoms. The van der Waals surface area contributed by atoms with Crippen molar-refractivity contribution in [1.29, 1.82) is 0 Å². The van der Waals surface area contributed by atoms with E-state index in [-0.39, 0.29) is 12.0 Å². The Bertz CT molecular complexity index is 1190. The van der Waals surface area contributed by atoms with Gasteiger partial charge in [0, 0.05) is 59.0 Å². The molecule has 0 atom stereocenters. The number of rotatable bonds is 4. The fraction of sp³-hybridized carbons (Fsp3) is 0.346. The predicted octanol–water partition coefficient (Wildman–Crippen LogP) is 5.41. The number of piperidine rings is 1. The van der Waals surface area contributed by atoms with Crippen molar-refractivity contribution in [3.8, 4) is 22.3 Å². The third-order valence-electron chi connectivity index (χ3n) is 6.72. The van der Waals surface area contributed by atoms with Gasteiger partial charge in [-0.05, 0) is 68.0 Å². The number of pyridine rings is 2. The SMILES string of the molecule is O=C(c1ccc(-c2cncc(-c3ccnc(C4(F)CCC4)c3)c2)c(Cl)c1)N1CCC(O)CC1. The molecule has 0 bridgehead atoms. The number of benzene rings is 1. The minimum absolute atomic E-state index is 0.0808. The van der Waals surface area contributed by atoms with E-state index in [4.69, 9.17) is 11.6 Å². The Morgan fingerprint density at radius 3 is 2.52 bits per heavy atom. The van der Waals surface area contributed by atoms with E-state index < -0.39 is 5.67 Å². The van der Waals surface area contributed by atoms with Gasteiger partial charge in [0.25, 0.3) is 5.91 Å². The molecule has 1 saturated heterocycles. The number of carbonyl (C=O) groups is 1. The molecule has 1 aliphatic heterocycles. The van der Waals surface area contributed by atoms with Crippen LogP contribution in [0.5, 0.6) is 0 Å². The average molecular weight is 466 g/mol. The normalized spacial score (nSPS) is 18.1. The zero-order chi connectivity index (χ0) is 23.0.